The van der Waals surface area contributed by atoms with Crippen molar-refractivity contribution in [3.8, 4) is 5.75 Å². The van der Waals surface area contributed by atoms with Gasteiger partial charge in [-0.1, -0.05) is 17.7 Å². The van der Waals surface area contributed by atoms with Crippen LogP contribution in [0.5, 0.6) is 5.75 Å². The standard InChI is InChI=1S/C14H16BrNOS/c1-9-3-4-13(11(7-9)10(2)16)17-8-14-12(15)5-6-18-14/h3-7,10H,8,16H2,1-2H3/t10-/m1/s1. The Morgan fingerprint density at radius 1 is 1.39 bits per heavy atom. The number of hydrogen-bond acceptors (Lipinski definition) is 3. The Balaban J connectivity index is 2.16. The van der Waals surface area contributed by atoms with E-state index >= 15 is 0 Å². The molecular formula is C14H16BrNOS. The summed E-state index contributed by atoms with van der Waals surface area (Å²) in [5.74, 6) is 0.871. The van der Waals surface area contributed by atoms with Crippen LogP contribution >= 0.6 is 27.3 Å². The lowest BCUT2D eigenvalue weighted by Gasteiger charge is -2.14. The van der Waals surface area contributed by atoms with E-state index < -0.39 is 0 Å². The second-order valence-electron chi connectivity index (χ2n) is 4.31. The smallest absolute Gasteiger partial charge is 0.124 e. The van der Waals surface area contributed by atoms with Crippen LogP contribution in [0.3, 0.4) is 0 Å². The minimum Gasteiger partial charge on any atom is -0.488 e. The van der Waals surface area contributed by atoms with Crippen molar-refractivity contribution < 1.29 is 4.74 Å². The Kier molecular flexibility index (Phi) is 4.43. The Bertz CT molecular complexity index is 536. The van der Waals surface area contributed by atoms with Gasteiger partial charge in [0.2, 0.25) is 0 Å². The topological polar surface area (TPSA) is 35.2 Å². The van der Waals surface area contributed by atoms with E-state index in [-0.39, 0.29) is 6.04 Å². The van der Waals surface area contributed by atoms with Crippen LogP contribution in [0.15, 0.2) is 34.1 Å². The van der Waals surface area contributed by atoms with Gasteiger partial charge in [0.15, 0.2) is 0 Å². The van der Waals surface area contributed by atoms with Crippen molar-refractivity contribution in [2.45, 2.75) is 26.5 Å². The number of ether oxygens (including phenoxy) is 1. The molecule has 0 aliphatic carbocycles. The van der Waals surface area contributed by atoms with Gasteiger partial charge in [0.05, 0.1) is 4.88 Å². The fourth-order valence-corrected chi connectivity index (χ4v) is 3.10. The van der Waals surface area contributed by atoms with E-state index in [2.05, 4.69) is 28.9 Å². The average molecular weight is 326 g/mol. The second-order valence-corrected chi connectivity index (χ2v) is 6.17. The van der Waals surface area contributed by atoms with E-state index in [0.717, 1.165) is 15.8 Å². The molecule has 0 spiro atoms. The van der Waals surface area contributed by atoms with Crippen molar-refractivity contribution in [1.82, 2.24) is 0 Å². The third-order valence-electron chi connectivity index (χ3n) is 2.71. The van der Waals surface area contributed by atoms with Gasteiger partial charge in [0.1, 0.15) is 12.4 Å². The first-order valence-electron chi connectivity index (χ1n) is 5.78. The van der Waals surface area contributed by atoms with Gasteiger partial charge >= 0.3 is 0 Å². The van der Waals surface area contributed by atoms with Crippen LogP contribution in [0, 0.1) is 6.92 Å². The molecule has 0 amide bonds. The highest BCUT2D eigenvalue weighted by atomic mass is 79.9. The average Bonchev–Trinajstić information content (AvgIpc) is 2.73. The number of halogens is 1. The van der Waals surface area contributed by atoms with Gasteiger partial charge in [-0.3, -0.25) is 0 Å². The summed E-state index contributed by atoms with van der Waals surface area (Å²) in [4.78, 5) is 1.19. The fraction of sp³-hybridized carbons (Fsp3) is 0.286. The van der Waals surface area contributed by atoms with Crippen LogP contribution in [-0.2, 0) is 6.61 Å². The van der Waals surface area contributed by atoms with Gasteiger partial charge in [-0.15, -0.1) is 11.3 Å². The lowest BCUT2D eigenvalue weighted by Crippen LogP contribution is -2.08. The van der Waals surface area contributed by atoms with Gasteiger partial charge in [0, 0.05) is 16.1 Å². The van der Waals surface area contributed by atoms with E-state index in [1.54, 1.807) is 11.3 Å². The number of benzene rings is 1. The van der Waals surface area contributed by atoms with Crippen LogP contribution < -0.4 is 10.5 Å². The largest absolute Gasteiger partial charge is 0.488 e. The predicted octanol–water partition coefficient (Wildman–Crippen LogP) is 4.42. The van der Waals surface area contributed by atoms with Crippen LogP contribution in [0.1, 0.15) is 29.0 Å². The quantitative estimate of drug-likeness (QED) is 0.903. The van der Waals surface area contributed by atoms with Gasteiger partial charge in [-0.25, -0.2) is 0 Å². The predicted molar refractivity (Wildman–Crippen MR) is 80.1 cm³/mol. The lowest BCUT2D eigenvalue weighted by atomic mass is 10.1. The monoisotopic (exact) mass is 325 g/mol. The van der Waals surface area contributed by atoms with Crippen molar-refractivity contribution >= 4 is 27.3 Å². The van der Waals surface area contributed by atoms with Crippen LogP contribution in [0.25, 0.3) is 0 Å². The highest BCUT2D eigenvalue weighted by molar-refractivity contribution is 9.10. The van der Waals surface area contributed by atoms with Gasteiger partial charge in [0.25, 0.3) is 0 Å². The Morgan fingerprint density at radius 2 is 2.17 bits per heavy atom. The molecular weight excluding hydrogens is 310 g/mol. The molecule has 0 fully saturated rings. The molecule has 0 aliphatic heterocycles. The number of aryl methyl sites for hydroxylation is 1. The van der Waals surface area contributed by atoms with E-state index in [1.807, 2.05) is 30.5 Å². The molecule has 2 aromatic rings. The molecule has 0 radical (unpaired) electrons. The van der Waals surface area contributed by atoms with Gasteiger partial charge in [-0.05, 0) is 47.3 Å². The molecule has 0 saturated heterocycles. The Morgan fingerprint density at radius 3 is 2.78 bits per heavy atom. The zero-order valence-corrected chi connectivity index (χ0v) is 12.8. The number of hydrogen-bond donors (Lipinski definition) is 1. The molecule has 1 aromatic heterocycles. The molecule has 1 heterocycles. The van der Waals surface area contributed by atoms with Crippen molar-refractivity contribution in [1.29, 1.82) is 0 Å². The molecule has 0 saturated carbocycles. The normalized spacial score (nSPS) is 12.4. The van der Waals surface area contributed by atoms with Gasteiger partial charge < -0.3 is 10.5 Å². The second kappa shape index (κ2) is 5.87. The maximum absolute atomic E-state index is 5.98. The first-order chi connectivity index (χ1) is 8.58. The summed E-state index contributed by atoms with van der Waals surface area (Å²) in [7, 11) is 0. The summed E-state index contributed by atoms with van der Waals surface area (Å²) in [5.41, 5.74) is 8.23. The van der Waals surface area contributed by atoms with Crippen molar-refractivity contribution in [2.24, 2.45) is 5.73 Å². The van der Waals surface area contributed by atoms with Crippen molar-refractivity contribution in [3.63, 3.8) is 0 Å². The zero-order valence-electron chi connectivity index (χ0n) is 10.4. The third-order valence-corrected chi connectivity index (χ3v) is 4.61. The molecule has 2 rings (SSSR count). The molecule has 18 heavy (non-hydrogen) atoms. The maximum atomic E-state index is 5.98. The highest BCUT2D eigenvalue weighted by Gasteiger charge is 2.09. The zero-order chi connectivity index (χ0) is 13.1. The number of rotatable bonds is 4. The van der Waals surface area contributed by atoms with E-state index in [1.165, 1.54) is 10.4 Å². The van der Waals surface area contributed by atoms with E-state index in [0.29, 0.717) is 6.61 Å². The van der Waals surface area contributed by atoms with Crippen LogP contribution in [-0.4, -0.2) is 0 Å². The summed E-state index contributed by atoms with van der Waals surface area (Å²) in [6.45, 7) is 4.61. The molecule has 1 atom stereocenters. The van der Waals surface area contributed by atoms with E-state index in [4.69, 9.17) is 10.5 Å². The van der Waals surface area contributed by atoms with Crippen molar-refractivity contribution in [2.75, 3.05) is 0 Å². The summed E-state index contributed by atoms with van der Waals surface area (Å²) in [6, 6.07) is 8.14. The highest BCUT2D eigenvalue weighted by Crippen LogP contribution is 2.28. The SMILES string of the molecule is Cc1ccc(OCc2sccc2Br)c([C@@H](C)N)c1. The van der Waals surface area contributed by atoms with E-state index in [9.17, 15) is 0 Å². The molecule has 2 nitrogen and oxygen atoms in total. The summed E-state index contributed by atoms with van der Waals surface area (Å²) >= 11 is 5.19. The molecule has 0 bridgehead atoms. The first kappa shape index (κ1) is 13.6. The summed E-state index contributed by atoms with van der Waals surface area (Å²) in [6.07, 6.45) is 0. The van der Waals surface area contributed by atoms with Crippen LogP contribution in [0.4, 0.5) is 0 Å². The third kappa shape index (κ3) is 3.13. The number of thiophene rings is 1. The fourth-order valence-electron chi connectivity index (χ4n) is 1.73. The molecule has 0 aliphatic rings. The molecule has 2 N–H and O–H groups in total. The minimum absolute atomic E-state index is 0.0216. The van der Waals surface area contributed by atoms with Crippen molar-refractivity contribution in [3.05, 3.63) is 50.1 Å². The molecule has 0 unspecified atom stereocenters. The Hall–Kier alpha value is -0.840. The molecule has 4 heteroatoms. The first-order valence-corrected chi connectivity index (χ1v) is 7.46. The summed E-state index contributed by atoms with van der Waals surface area (Å²) < 4.78 is 6.98. The maximum Gasteiger partial charge on any atom is 0.124 e. The minimum atomic E-state index is -0.0216. The lowest BCUT2D eigenvalue weighted by molar-refractivity contribution is 0.304. The molecule has 1 aromatic carbocycles. The van der Waals surface area contributed by atoms with Crippen LogP contribution in [0.2, 0.25) is 0 Å². The number of nitrogens with two attached hydrogens (primary N) is 1. The summed E-state index contributed by atoms with van der Waals surface area (Å²) in [5, 5.41) is 2.05. The van der Waals surface area contributed by atoms with Gasteiger partial charge in [-0.2, -0.15) is 0 Å². The molecule has 96 valence electrons. The Labute approximate surface area is 120 Å².